The van der Waals surface area contributed by atoms with Crippen LogP contribution in [0.15, 0.2) is 61.7 Å². The Morgan fingerprint density at radius 1 is 0.804 bits per heavy atom. The molecule has 0 spiro atoms. The average molecular weight is 639 g/mol. The third-order valence-electron chi connectivity index (χ3n) is 8.09. The predicted octanol–water partition coefficient (Wildman–Crippen LogP) is 7.14. The van der Waals surface area contributed by atoms with E-state index in [-0.39, 0.29) is 43.0 Å². The van der Waals surface area contributed by atoms with Crippen molar-refractivity contribution in [1.29, 1.82) is 0 Å². The van der Waals surface area contributed by atoms with Crippen molar-refractivity contribution in [2.45, 2.75) is 116 Å². The maximum absolute atomic E-state index is 11.4. The van der Waals surface area contributed by atoms with E-state index in [1.807, 2.05) is 19.1 Å². The second kappa shape index (κ2) is 17.9. The lowest BCUT2D eigenvalue weighted by atomic mass is 9.76. The number of rotatable bonds is 19. The number of hydrogen-bond donors (Lipinski definition) is 2. The average Bonchev–Trinajstić information content (AvgIpc) is 3.01. The lowest BCUT2D eigenvalue weighted by molar-refractivity contribution is -0.143. The van der Waals surface area contributed by atoms with E-state index in [1.54, 1.807) is 6.92 Å². The Labute approximate surface area is 275 Å². The first-order valence-corrected chi connectivity index (χ1v) is 16.2. The van der Waals surface area contributed by atoms with E-state index in [9.17, 15) is 19.8 Å². The molecule has 0 radical (unpaired) electrons. The van der Waals surface area contributed by atoms with Gasteiger partial charge in [-0.05, 0) is 59.6 Å². The number of esters is 2. The van der Waals surface area contributed by atoms with Crippen LogP contribution in [0.4, 0.5) is 0 Å². The fraction of sp³-hybridized carbons (Fsp3) is 0.526. The van der Waals surface area contributed by atoms with Crippen molar-refractivity contribution in [2.75, 3.05) is 13.2 Å². The minimum Gasteiger partial charge on any atom is -0.491 e. The Bertz CT molecular complexity index is 1310. The van der Waals surface area contributed by atoms with Crippen molar-refractivity contribution in [2.24, 2.45) is 0 Å². The number of aliphatic hydroxyl groups is 2. The largest absolute Gasteiger partial charge is 0.491 e. The van der Waals surface area contributed by atoms with E-state index in [1.165, 1.54) is 0 Å². The normalized spacial score (nSPS) is 14.3. The lowest BCUT2D eigenvalue weighted by Gasteiger charge is -2.30. The lowest BCUT2D eigenvalue weighted by Crippen LogP contribution is -2.27. The van der Waals surface area contributed by atoms with E-state index >= 15 is 0 Å². The van der Waals surface area contributed by atoms with Gasteiger partial charge in [0.2, 0.25) is 0 Å². The maximum Gasteiger partial charge on any atom is 0.330 e. The van der Waals surface area contributed by atoms with Gasteiger partial charge in [-0.25, -0.2) is 9.59 Å². The molecule has 2 aromatic rings. The highest BCUT2D eigenvalue weighted by molar-refractivity contribution is 5.81. The van der Waals surface area contributed by atoms with E-state index in [2.05, 4.69) is 79.0 Å². The van der Waals surface area contributed by atoms with Crippen LogP contribution in [0.2, 0.25) is 0 Å². The highest BCUT2D eigenvalue weighted by Gasteiger charge is 2.27. The first kappa shape index (κ1) is 38.6. The van der Waals surface area contributed by atoms with Gasteiger partial charge in [-0.1, -0.05) is 85.9 Å². The summed E-state index contributed by atoms with van der Waals surface area (Å²) in [6.07, 6.45) is 1.09. The molecule has 0 aromatic heterocycles. The number of carbonyl (C=O) groups excluding carboxylic acids is 2. The van der Waals surface area contributed by atoms with Crippen LogP contribution < -0.4 is 9.47 Å². The molecule has 0 fully saturated rings. The van der Waals surface area contributed by atoms with Gasteiger partial charge < -0.3 is 29.2 Å². The Morgan fingerprint density at radius 3 is 1.85 bits per heavy atom. The molecule has 0 aliphatic heterocycles. The van der Waals surface area contributed by atoms with Crippen molar-refractivity contribution < 1.29 is 38.7 Å². The summed E-state index contributed by atoms with van der Waals surface area (Å²) in [5.74, 6) is 0.773. The van der Waals surface area contributed by atoms with E-state index in [4.69, 9.17) is 18.9 Å². The summed E-state index contributed by atoms with van der Waals surface area (Å²) in [5.41, 5.74) is 4.03. The Kier molecular flexibility index (Phi) is 15.0. The van der Waals surface area contributed by atoms with Crippen LogP contribution >= 0.6 is 0 Å². The topological polar surface area (TPSA) is 112 Å². The number of aliphatic hydroxyl groups excluding tert-OH is 2. The highest BCUT2D eigenvalue weighted by atomic mass is 16.5. The minimum absolute atomic E-state index is 0.0768. The van der Waals surface area contributed by atoms with Crippen LogP contribution in [0, 0.1) is 0 Å². The minimum atomic E-state index is -0.842. The first-order chi connectivity index (χ1) is 21.6. The number of hydrogen-bond acceptors (Lipinski definition) is 8. The molecule has 4 atom stereocenters. The van der Waals surface area contributed by atoms with Crippen LogP contribution in [0.3, 0.4) is 0 Å². The zero-order valence-electron chi connectivity index (χ0n) is 28.9. The fourth-order valence-corrected chi connectivity index (χ4v) is 5.20. The van der Waals surface area contributed by atoms with Crippen LogP contribution in [-0.2, 0) is 24.5 Å². The Hall–Kier alpha value is -3.62. The molecule has 0 aliphatic rings. The summed E-state index contributed by atoms with van der Waals surface area (Å²) >= 11 is 0. The van der Waals surface area contributed by atoms with Crippen molar-refractivity contribution in [3.05, 3.63) is 84.0 Å². The molecule has 0 saturated heterocycles. The molecule has 0 heterocycles. The standard InChI is InChI=1S/C38H54O8/c1-11-31(21-30(40)23-44-36(41)12-2)46-35-17-15-28(20-33(35)25(6)7)38(9,10)27-14-16-34(32(19-27)24(4)5)43-22-29(39)18-26(8)45-37(42)13-3/h12-17,19-20,24-26,29-31,39-40H,2-3,11,18,21-23H2,1,4-10H3. The van der Waals surface area contributed by atoms with Crippen LogP contribution in [0.5, 0.6) is 11.5 Å². The molecular formula is C38H54O8. The monoisotopic (exact) mass is 638 g/mol. The second-order valence-corrected chi connectivity index (χ2v) is 13.0. The van der Waals surface area contributed by atoms with Crippen LogP contribution in [-0.4, -0.2) is 59.8 Å². The third-order valence-corrected chi connectivity index (χ3v) is 8.09. The maximum atomic E-state index is 11.4. The zero-order valence-corrected chi connectivity index (χ0v) is 28.9. The summed E-state index contributed by atoms with van der Waals surface area (Å²) in [4.78, 5) is 22.8. The summed E-state index contributed by atoms with van der Waals surface area (Å²) in [6.45, 7) is 23.3. The molecular weight excluding hydrogens is 584 g/mol. The van der Waals surface area contributed by atoms with Gasteiger partial charge >= 0.3 is 11.9 Å². The molecule has 0 bridgehead atoms. The van der Waals surface area contributed by atoms with E-state index in [0.717, 1.165) is 40.2 Å². The smallest absolute Gasteiger partial charge is 0.330 e. The first-order valence-electron chi connectivity index (χ1n) is 16.2. The predicted molar refractivity (Wildman–Crippen MR) is 182 cm³/mol. The van der Waals surface area contributed by atoms with Gasteiger partial charge in [0.15, 0.2) is 0 Å². The molecule has 2 aromatic carbocycles. The molecule has 2 N–H and O–H groups in total. The number of carbonyl (C=O) groups is 2. The van der Waals surface area contributed by atoms with Gasteiger partial charge in [0, 0.05) is 30.4 Å². The third kappa shape index (κ3) is 11.3. The molecule has 0 aliphatic carbocycles. The van der Waals surface area contributed by atoms with Crippen molar-refractivity contribution in [3.63, 3.8) is 0 Å². The summed E-state index contributed by atoms with van der Waals surface area (Å²) in [5, 5.41) is 20.9. The molecule has 0 amide bonds. The van der Waals surface area contributed by atoms with Gasteiger partial charge in [-0.2, -0.15) is 0 Å². The molecule has 4 unspecified atom stereocenters. The summed E-state index contributed by atoms with van der Waals surface area (Å²) in [7, 11) is 0. The molecule has 2 rings (SSSR count). The highest BCUT2D eigenvalue weighted by Crippen LogP contribution is 2.39. The van der Waals surface area contributed by atoms with Crippen molar-refractivity contribution >= 4 is 11.9 Å². The quantitative estimate of drug-likeness (QED) is 0.123. The van der Waals surface area contributed by atoms with Crippen molar-refractivity contribution in [1.82, 2.24) is 0 Å². The summed E-state index contributed by atoms with van der Waals surface area (Å²) in [6, 6.07) is 12.5. The SMILES string of the molecule is C=CC(=O)OCC(O)CC(CC)Oc1ccc(C(C)(C)c2ccc(OCC(O)CC(C)OC(=O)C=C)c(C(C)C)c2)cc1C(C)C. The molecule has 254 valence electrons. The Balaban J connectivity index is 2.25. The summed E-state index contributed by atoms with van der Waals surface area (Å²) < 4.78 is 22.6. The van der Waals surface area contributed by atoms with Gasteiger partial charge in [0.1, 0.15) is 36.9 Å². The van der Waals surface area contributed by atoms with Crippen LogP contribution in [0.1, 0.15) is 109 Å². The molecule has 46 heavy (non-hydrogen) atoms. The van der Waals surface area contributed by atoms with Gasteiger partial charge in [0.25, 0.3) is 0 Å². The number of ether oxygens (including phenoxy) is 4. The van der Waals surface area contributed by atoms with Crippen LogP contribution in [0.25, 0.3) is 0 Å². The van der Waals surface area contributed by atoms with Gasteiger partial charge in [-0.3, -0.25) is 0 Å². The van der Waals surface area contributed by atoms with E-state index in [0.29, 0.717) is 18.6 Å². The molecule has 8 nitrogen and oxygen atoms in total. The molecule has 0 saturated carbocycles. The zero-order chi connectivity index (χ0) is 34.6. The van der Waals surface area contributed by atoms with E-state index < -0.39 is 30.3 Å². The van der Waals surface area contributed by atoms with Crippen molar-refractivity contribution in [3.8, 4) is 11.5 Å². The Morgan fingerprint density at radius 2 is 1.33 bits per heavy atom. The van der Waals surface area contributed by atoms with Gasteiger partial charge in [-0.15, -0.1) is 0 Å². The molecule has 8 heteroatoms. The number of benzene rings is 2. The second-order valence-electron chi connectivity index (χ2n) is 13.0. The van der Waals surface area contributed by atoms with Gasteiger partial charge in [0.05, 0.1) is 12.2 Å². The fourth-order valence-electron chi connectivity index (χ4n) is 5.20.